The Morgan fingerprint density at radius 1 is 0.875 bits per heavy atom. The zero-order valence-corrected chi connectivity index (χ0v) is 14.8. The van der Waals surface area contributed by atoms with Crippen LogP contribution in [0.25, 0.3) is 0 Å². The lowest BCUT2D eigenvalue weighted by molar-refractivity contribution is -0.136. The predicted molar refractivity (Wildman–Crippen MR) is 97.3 cm³/mol. The van der Waals surface area contributed by atoms with Gasteiger partial charge in [0, 0.05) is 5.56 Å². The SMILES string of the molecule is O=C(N/N=C\c1c(Cl)cccc1Cl)C(=O)Nc1cccc(Cl)c1Cl. The molecule has 0 saturated heterocycles. The van der Waals surface area contributed by atoms with Gasteiger partial charge in [-0.2, -0.15) is 5.10 Å². The van der Waals surface area contributed by atoms with E-state index in [-0.39, 0.29) is 15.7 Å². The maximum absolute atomic E-state index is 11.8. The van der Waals surface area contributed by atoms with Gasteiger partial charge in [0.1, 0.15) is 0 Å². The van der Waals surface area contributed by atoms with Gasteiger partial charge in [0.2, 0.25) is 0 Å². The van der Waals surface area contributed by atoms with Crippen LogP contribution in [0.1, 0.15) is 5.56 Å². The molecule has 2 rings (SSSR count). The highest BCUT2D eigenvalue weighted by Gasteiger charge is 2.15. The molecular formula is C15H9Cl4N3O2. The molecule has 0 heterocycles. The largest absolute Gasteiger partial charge is 0.329 e. The lowest BCUT2D eigenvalue weighted by Crippen LogP contribution is -2.32. The van der Waals surface area contributed by atoms with Crippen LogP contribution in [0.5, 0.6) is 0 Å². The Balaban J connectivity index is 2.01. The third-order valence-corrected chi connectivity index (χ3v) is 4.24. The zero-order chi connectivity index (χ0) is 17.7. The Labute approximate surface area is 157 Å². The van der Waals surface area contributed by atoms with Gasteiger partial charge in [0.25, 0.3) is 0 Å². The Morgan fingerprint density at radius 3 is 2.12 bits per heavy atom. The summed E-state index contributed by atoms with van der Waals surface area (Å²) in [7, 11) is 0. The van der Waals surface area contributed by atoms with Crippen molar-refractivity contribution in [3.8, 4) is 0 Å². The monoisotopic (exact) mass is 403 g/mol. The van der Waals surface area contributed by atoms with E-state index in [4.69, 9.17) is 46.4 Å². The van der Waals surface area contributed by atoms with Crippen molar-refractivity contribution in [1.82, 2.24) is 5.43 Å². The molecule has 0 aromatic heterocycles. The lowest BCUT2D eigenvalue weighted by atomic mass is 10.2. The molecule has 0 fully saturated rings. The van der Waals surface area contributed by atoms with Crippen LogP contribution in [0.15, 0.2) is 41.5 Å². The van der Waals surface area contributed by atoms with Crippen molar-refractivity contribution in [1.29, 1.82) is 0 Å². The smallest absolute Gasteiger partial charge is 0.316 e. The molecule has 2 amide bonds. The maximum Gasteiger partial charge on any atom is 0.329 e. The summed E-state index contributed by atoms with van der Waals surface area (Å²) in [5, 5.41) is 7.08. The molecule has 0 aliphatic heterocycles. The van der Waals surface area contributed by atoms with Crippen LogP contribution < -0.4 is 10.7 Å². The topological polar surface area (TPSA) is 70.6 Å². The molecule has 0 aliphatic rings. The minimum atomic E-state index is -0.995. The molecule has 2 aromatic rings. The van der Waals surface area contributed by atoms with Crippen molar-refractivity contribution in [3.63, 3.8) is 0 Å². The first-order chi connectivity index (χ1) is 11.4. The Hall–Kier alpha value is -1.79. The van der Waals surface area contributed by atoms with E-state index in [9.17, 15) is 9.59 Å². The maximum atomic E-state index is 11.8. The second-order valence-electron chi connectivity index (χ2n) is 4.39. The summed E-state index contributed by atoms with van der Waals surface area (Å²) in [5.41, 5.74) is 2.69. The molecule has 9 heteroatoms. The number of nitrogens with zero attached hydrogens (tertiary/aromatic N) is 1. The van der Waals surface area contributed by atoms with Gasteiger partial charge in [-0.05, 0) is 24.3 Å². The number of carbonyl (C=O) groups is 2. The standard InChI is InChI=1S/C15H9Cl4N3O2/c16-9-3-1-4-10(17)8(9)7-20-22-15(24)14(23)21-12-6-2-5-11(18)13(12)19/h1-7H,(H,21,23)(H,22,24)/b20-7-. The zero-order valence-electron chi connectivity index (χ0n) is 11.8. The molecule has 5 nitrogen and oxygen atoms in total. The molecule has 0 saturated carbocycles. The third kappa shape index (κ3) is 4.61. The molecule has 0 radical (unpaired) electrons. The summed E-state index contributed by atoms with van der Waals surface area (Å²) >= 11 is 23.7. The van der Waals surface area contributed by atoms with Gasteiger partial charge in [-0.25, -0.2) is 5.43 Å². The molecule has 0 bridgehead atoms. The fourth-order valence-corrected chi connectivity index (χ4v) is 2.46. The van der Waals surface area contributed by atoms with Gasteiger partial charge in [0.15, 0.2) is 0 Å². The highest BCUT2D eigenvalue weighted by molar-refractivity contribution is 6.45. The number of halogens is 4. The van der Waals surface area contributed by atoms with Crippen LogP contribution in [0.3, 0.4) is 0 Å². The van der Waals surface area contributed by atoms with E-state index in [0.29, 0.717) is 15.6 Å². The van der Waals surface area contributed by atoms with Crippen LogP contribution >= 0.6 is 46.4 Å². The quantitative estimate of drug-likeness (QED) is 0.452. The third-order valence-electron chi connectivity index (χ3n) is 2.77. The van der Waals surface area contributed by atoms with Gasteiger partial charge in [0.05, 0.1) is 32.0 Å². The molecule has 2 N–H and O–H groups in total. The average Bonchev–Trinajstić information content (AvgIpc) is 2.54. The molecule has 24 heavy (non-hydrogen) atoms. The number of hydrazone groups is 1. The summed E-state index contributed by atoms with van der Waals surface area (Å²) in [4.78, 5) is 23.5. The van der Waals surface area contributed by atoms with Crippen molar-refractivity contribution in [3.05, 3.63) is 62.1 Å². The number of nitrogens with one attached hydrogen (secondary N) is 2. The van der Waals surface area contributed by atoms with E-state index in [1.807, 2.05) is 0 Å². The van der Waals surface area contributed by atoms with Crippen molar-refractivity contribution in [2.45, 2.75) is 0 Å². The molecule has 0 spiro atoms. The van der Waals surface area contributed by atoms with E-state index in [2.05, 4.69) is 15.8 Å². The molecule has 124 valence electrons. The number of anilines is 1. The number of amides is 2. The van der Waals surface area contributed by atoms with Crippen molar-refractivity contribution >= 4 is 70.1 Å². The fraction of sp³-hybridized carbons (Fsp3) is 0. The van der Waals surface area contributed by atoms with Crippen LogP contribution in [0.2, 0.25) is 20.1 Å². The van der Waals surface area contributed by atoms with E-state index < -0.39 is 11.8 Å². The van der Waals surface area contributed by atoms with E-state index in [1.165, 1.54) is 12.3 Å². The Bertz CT molecular complexity index is 804. The van der Waals surface area contributed by atoms with Crippen LogP contribution in [-0.2, 0) is 9.59 Å². The van der Waals surface area contributed by atoms with Gasteiger partial charge >= 0.3 is 11.8 Å². The first-order valence-corrected chi connectivity index (χ1v) is 7.93. The lowest BCUT2D eigenvalue weighted by Gasteiger charge is -2.07. The Kier molecular flexibility index (Phi) is 6.45. The molecular weight excluding hydrogens is 396 g/mol. The summed E-state index contributed by atoms with van der Waals surface area (Å²) in [5.74, 6) is -1.95. The van der Waals surface area contributed by atoms with Gasteiger partial charge in [-0.3, -0.25) is 9.59 Å². The predicted octanol–water partition coefficient (Wildman–Crippen LogP) is 4.39. The first kappa shape index (κ1) is 18.5. The average molecular weight is 405 g/mol. The summed E-state index contributed by atoms with van der Waals surface area (Å²) in [6.45, 7) is 0. The molecule has 0 atom stereocenters. The van der Waals surface area contributed by atoms with Crippen molar-refractivity contribution < 1.29 is 9.59 Å². The van der Waals surface area contributed by atoms with Crippen LogP contribution in [-0.4, -0.2) is 18.0 Å². The molecule has 2 aromatic carbocycles. The number of carbonyl (C=O) groups excluding carboxylic acids is 2. The van der Waals surface area contributed by atoms with Crippen molar-refractivity contribution in [2.24, 2.45) is 5.10 Å². The summed E-state index contributed by atoms with van der Waals surface area (Å²) < 4.78 is 0. The number of benzene rings is 2. The first-order valence-electron chi connectivity index (χ1n) is 6.42. The summed E-state index contributed by atoms with van der Waals surface area (Å²) in [6.07, 6.45) is 1.24. The normalized spacial score (nSPS) is 10.7. The number of hydrogen-bond donors (Lipinski definition) is 2. The molecule has 0 unspecified atom stereocenters. The molecule has 0 aliphatic carbocycles. The van der Waals surface area contributed by atoms with E-state index >= 15 is 0 Å². The van der Waals surface area contributed by atoms with Gasteiger partial charge < -0.3 is 5.32 Å². The van der Waals surface area contributed by atoms with E-state index in [0.717, 1.165) is 0 Å². The van der Waals surface area contributed by atoms with Crippen LogP contribution in [0.4, 0.5) is 5.69 Å². The van der Waals surface area contributed by atoms with Gasteiger partial charge in [-0.1, -0.05) is 58.5 Å². The minimum Gasteiger partial charge on any atom is -0.316 e. The number of rotatable bonds is 3. The number of hydrogen-bond acceptors (Lipinski definition) is 3. The van der Waals surface area contributed by atoms with Crippen LogP contribution in [0, 0.1) is 0 Å². The Morgan fingerprint density at radius 2 is 1.46 bits per heavy atom. The minimum absolute atomic E-state index is 0.131. The highest BCUT2D eigenvalue weighted by atomic mass is 35.5. The highest BCUT2D eigenvalue weighted by Crippen LogP contribution is 2.29. The summed E-state index contributed by atoms with van der Waals surface area (Å²) in [6, 6.07) is 9.54. The van der Waals surface area contributed by atoms with E-state index in [1.54, 1.807) is 30.3 Å². The second kappa shape index (κ2) is 8.35. The van der Waals surface area contributed by atoms with Gasteiger partial charge in [-0.15, -0.1) is 0 Å². The fourth-order valence-electron chi connectivity index (χ4n) is 1.62. The van der Waals surface area contributed by atoms with Crippen molar-refractivity contribution in [2.75, 3.05) is 5.32 Å². The second-order valence-corrected chi connectivity index (χ2v) is 5.99.